The summed E-state index contributed by atoms with van der Waals surface area (Å²) in [6.45, 7) is 3.03. The van der Waals surface area contributed by atoms with Gasteiger partial charge in [0.15, 0.2) is 0 Å². The van der Waals surface area contributed by atoms with Gasteiger partial charge >= 0.3 is 0 Å². The Balaban J connectivity index is 1.60. The van der Waals surface area contributed by atoms with Gasteiger partial charge in [0.1, 0.15) is 0 Å². The third-order valence-electron chi connectivity index (χ3n) is 5.58. The van der Waals surface area contributed by atoms with Crippen LogP contribution in [0.3, 0.4) is 0 Å². The lowest BCUT2D eigenvalue weighted by Gasteiger charge is -2.35. The van der Waals surface area contributed by atoms with Crippen LogP contribution in [0.1, 0.15) is 57.8 Å². The van der Waals surface area contributed by atoms with Crippen molar-refractivity contribution in [3.8, 4) is 0 Å². The van der Waals surface area contributed by atoms with Gasteiger partial charge in [-0.05, 0) is 62.8 Å². The van der Waals surface area contributed by atoms with Crippen LogP contribution in [0.4, 0.5) is 0 Å². The highest BCUT2D eigenvalue weighted by atomic mass is 32.2. The predicted octanol–water partition coefficient (Wildman–Crippen LogP) is 3.60. The lowest BCUT2D eigenvalue weighted by atomic mass is 9.89. The van der Waals surface area contributed by atoms with E-state index in [0.29, 0.717) is 17.2 Å². The zero-order chi connectivity index (χ0) is 15.9. The lowest BCUT2D eigenvalue weighted by molar-refractivity contribution is -0.128. The maximum atomic E-state index is 12.9. The minimum absolute atomic E-state index is 0.261. The number of carbonyl (C=O) groups excluding carboxylic acids is 1. The van der Waals surface area contributed by atoms with Gasteiger partial charge in [0.05, 0.1) is 0 Å². The first-order valence-corrected chi connectivity index (χ1v) is 10.7. The van der Waals surface area contributed by atoms with Gasteiger partial charge in [-0.2, -0.15) is 11.8 Å². The summed E-state index contributed by atoms with van der Waals surface area (Å²) < 4.78 is 0. The van der Waals surface area contributed by atoms with Crippen molar-refractivity contribution < 1.29 is 4.79 Å². The number of hydrogen-bond acceptors (Lipinski definition) is 3. The summed E-state index contributed by atoms with van der Waals surface area (Å²) in [5.41, 5.74) is 0. The number of thioether (sulfide) groups is 1. The minimum atomic E-state index is 0.261. The highest BCUT2D eigenvalue weighted by Gasteiger charge is 2.28. The number of carbonyl (C=O) groups is 1. The SMILES string of the molecule is O=C(/C=C/C1CCCCC1)N(CC1CCCS1)C1CCCNC1. The van der Waals surface area contributed by atoms with Crippen LogP contribution in [0.2, 0.25) is 0 Å². The van der Waals surface area contributed by atoms with Crippen LogP contribution in [0.25, 0.3) is 0 Å². The number of hydrogen-bond donors (Lipinski definition) is 1. The number of amides is 1. The molecule has 0 spiro atoms. The fraction of sp³-hybridized carbons (Fsp3) is 0.842. The van der Waals surface area contributed by atoms with Crippen molar-refractivity contribution in [3.63, 3.8) is 0 Å². The molecule has 1 saturated carbocycles. The Hall–Kier alpha value is -0.480. The molecular weight excluding hydrogens is 304 g/mol. The maximum Gasteiger partial charge on any atom is 0.246 e. The molecule has 1 N–H and O–H groups in total. The first kappa shape index (κ1) is 17.3. The molecule has 0 aromatic carbocycles. The zero-order valence-electron chi connectivity index (χ0n) is 14.3. The summed E-state index contributed by atoms with van der Waals surface area (Å²) in [4.78, 5) is 15.1. The van der Waals surface area contributed by atoms with Crippen LogP contribution in [0.5, 0.6) is 0 Å². The second-order valence-electron chi connectivity index (χ2n) is 7.38. The summed E-state index contributed by atoms with van der Waals surface area (Å²) in [5, 5.41) is 4.13. The average Bonchev–Trinajstić information content (AvgIpc) is 3.12. The third kappa shape index (κ3) is 5.25. The van der Waals surface area contributed by atoms with E-state index in [1.807, 2.05) is 6.08 Å². The standard InChI is InChI=1S/C19H32N2OS/c22-19(11-10-16-6-2-1-3-7-16)21(15-18-9-5-13-23-18)17-8-4-12-20-14-17/h10-11,16-18,20H,1-9,12-15H2/b11-10+. The Kier molecular flexibility index (Phi) is 6.88. The Morgan fingerprint density at radius 1 is 1.09 bits per heavy atom. The van der Waals surface area contributed by atoms with Gasteiger partial charge in [-0.3, -0.25) is 4.79 Å². The maximum absolute atomic E-state index is 12.9. The molecule has 3 rings (SSSR count). The Morgan fingerprint density at radius 2 is 1.96 bits per heavy atom. The van der Waals surface area contributed by atoms with Crippen LogP contribution < -0.4 is 5.32 Å². The molecule has 0 bridgehead atoms. The van der Waals surface area contributed by atoms with E-state index in [-0.39, 0.29) is 5.91 Å². The van der Waals surface area contributed by atoms with Gasteiger partial charge in [0.2, 0.25) is 5.91 Å². The van der Waals surface area contributed by atoms with Crippen LogP contribution >= 0.6 is 11.8 Å². The molecule has 2 saturated heterocycles. The van der Waals surface area contributed by atoms with Gasteiger partial charge in [-0.25, -0.2) is 0 Å². The highest BCUT2D eigenvalue weighted by Crippen LogP contribution is 2.28. The van der Waals surface area contributed by atoms with Gasteiger partial charge in [0.25, 0.3) is 0 Å². The molecule has 3 aliphatic rings. The summed E-state index contributed by atoms with van der Waals surface area (Å²) in [6, 6.07) is 0.397. The Morgan fingerprint density at radius 3 is 2.65 bits per heavy atom. The summed E-state index contributed by atoms with van der Waals surface area (Å²) >= 11 is 2.06. The topological polar surface area (TPSA) is 32.3 Å². The number of nitrogens with zero attached hydrogens (tertiary/aromatic N) is 1. The zero-order valence-corrected chi connectivity index (χ0v) is 15.2. The number of allylic oxidation sites excluding steroid dienone is 1. The summed E-state index contributed by atoms with van der Waals surface area (Å²) in [6.07, 6.45) is 15.6. The summed E-state index contributed by atoms with van der Waals surface area (Å²) in [7, 11) is 0. The van der Waals surface area contributed by atoms with E-state index < -0.39 is 0 Å². The van der Waals surface area contributed by atoms with Gasteiger partial charge in [-0.1, -0.05) is 25.3 Å². The van der Waals surface area contributed by atoms with Crippen molar-refractivity contribution in [1.82, 2.24) is 10.2 Å². The summed E-state index contributed by atoms with van der Waals surface area (Å²) in [5.74, 6) is 2.17. The molecule has 1 aliphatic carbocycles. The van der Waals surface area contributed by atoms with Crippen molar-refractivity contribution in [2.24, 2.45) is 5.92 Å². The quantitative estimate of drug-likeness (QED) is 0.779. The predicted molar refractivity (Wildman–Crippen MR) is 98.8 cm³/mol. The van der Waals surface area contributed by atoms with Crippen LogP contribution in [-0.2, 0) is 4.79 Å². The normalized spacial score (nSPS) is 29.9. The molecule has 0 aromatic heterocycles. The number of piperidine rings is 1. The Bertz CT molecular complexity index is 394. The second kappa shape index (κ2) is 9.12. The van der Waals surface area contributed by atoms with Crippen molar-refractivity contribution >= 4 is 17.7 Å². The van der Waals surface area contributed by atoms with Crippen LogP contribution in [0, 0.1) is 5.92 Å². The highest BCUT2D eigenvalue weighted by molar-refractivity contribution is 8.00. The van der Waals surface area contributed by atoms with E-state index in [2.05, 4.69) is 28.1 Å². The number of nitrogens with one attached hydrogen (secondary N) is 1. The number of rotatable bonds is 5. The molecule has 3 fully saturated rings. The van der Waals surface area contributed by atoms with E-state index in [4.69, 9.17) is 0 Å². The lowest BCUT2D eigenvalue weighted by Crippen LogP contribution is -2.50. The van der Waals surface area contributed by atoms with Crippen LogP contribution in [0.15, 0.2) is 12.2 Å². The van der Waals surface area contributed by atoms with Crippen molar-refractivity contribution in [3.05, 3.63) is 12.2 Å². The molecule has 0 radical (unpaired) electrons. The molecule has 0 aromatic rings. The molecule has 2 aliphatic heterocycles. The average molecular weight is 337 g/mol. The molecule has 3 nitrogen and oxygen atoms in total. The third-order valence-corrected chi connectivity index (χ3v) is 6.96. The van der Waals surface area contributed by atoms with E-state index in [1.165, 1.54) is 57.1 Å². The first-order chi connectivity index (χ1) is 11.3. The molecule has 2 atom stereocenters. The fourth-order valence-electron chi connectivity index (χ4n) is 4.17. The van der Waals surface area contributed by atoms with Gasteiger partial charge < -0.3 is 10.2 Å². The monoisotopic (exact) mass is 336 g/mol. The van der Waals surface area contributed by atoms with Crippen molar-refractivity contribution in [2.45, 2.75) is 69.1 Å². The van der Waals surface area contributed by atoms with Gasteiger partial charge in [-0.15, -0.1) is 0 Å². The van der Waals surface area contributed by atoms with E-state index in [9.17, 15) is 4.79 Å². The smallest absolute Gasteiger partial charge is 0.246 e. The first-order valence-electron chi connectivity index (χ1n) is 9.64. The second-order valence-corrected chi connectivity index (χ2v) is 8.79. The van der Waals surface area contributed by atoms with Gasteiger partial charge in [0, 0.05) is 24.4 Å². The van der Waals surface area contributed by atoms with Crippen molar-refractivity contribution in [1.29, 1.82) is 0 Å². The molecule has 2 unspecified atom stereocenters. The fourth-order valence-corrected chi connectivity index (χ4v) is 5.43. The molecule has 130 valence electrons. The van der Waals surface area contributed by atoms with E-state index in [1.54, 1.807) is 0 Å². The largest absolute Gasteiger partial charge is 0.334 e. The Labute approximate surface area is 145 Å². The minimum Gasteiger partial charge on any atom is -0.334 e. The van der Waals surface area contributed by atoms with Crippen molar-refractivity contribution in [2.75, 3.05) is 25.4 Å². The molecule has 2 heterocycles. The van der Waals surface area contributed by atoms with E-state index >= 15 is 0 Å². The molecular formula is C19H32N2OS. The van der Waals surface area contributed by atoms with E-state index in [0.717, 1.165) is 26.1 Å². The molecule has 1 amide bonds. The molecule has 23 heavy (non-hydrogen) atoms. The van der Waals surface area contributed by atoms with Crippen LogP contribution in [-0.4, -0.2) is 47.5 Å². The molecule has 4 heteroatoms.